The lowest BCUT2D eigenvalue weighted by molar-refractivity contribution is 0.506. The van der Waals surface area contributed by atoms with Crippen LogP contribution in [0.2, 0.25) is 0 Å². The molecule has 0 amide bonds. The van der Waals surface area contributed by atoms with Crippen molar-refractivity contribution in [3.63, 3.8) is 0 Å². The summed E-state index contributed by atoms with van der Waals surface area (Å²) in [4.78, 5) is 4.54. The van der Waals surface area contributed by atoms with Crippen LogP contribution in [-0.2, 0) is 6.42 Å². The van der Waals surface area contributed by atoms with E-state index in [0.29, 0.717) is 6.04 Å². The minimum absolute atomic E-state index is 0.608. The maximum atomic E-state index is 5.31. The Labute approximate surface area is 109 Å². The third-order valence-electron chi connectivity index (χ3n) is 3.17. The Bertz CT molecular complexity index is 372. The zero-order valence-electron chi connectivity index (χ0n) is 11.3. The van der Waals surface area contributed by atoms with Crippen molar-refractivity contribution >= 4 is 5.96 Å². The summed E-state index contributed by atoms with van der Waals surface area (Å²) < 4.78 is 5.31. The van der Waals surface area contributed by atoms with Crippen molar-refractivity contribution in [1.82, 2.24) is 10.6 Å². The van der Waals surface area contributed by atoms with Crippen molar-refractivity contribution in [1.29, 1.82) is 0 Å². The first-order chi connectivity index (χ1) is 8.79. The molecule has 1 heterocycles. The highest BCUT2D eigenvalue weighted by atomic mass is 16.3. The molecule has 1 aromatic rings. The van der Waals surface area contributed by atoms with Crippen molar-refractivity contribution in [2.45, 2.75) is 39.2 Å². The zero-order chi connectivity index (χ0) is 12.8. The molecule has 2 unspecified atom stereocenters. The van der Waals surface area contributed by atoms with E-state index in [1.165, 1.54) is 6.42 Å². The van der Waals surface area contributed by atoms with Crippen LogP contribution in [0.5, 0.6) is 0 Å². The summed E-state index contributed by atoms with van der Waals surface area (Å²) in [6.45, 7) is 6.13. The van der Waals surface area contributed by atoms with E-state index in [2.05, 4.69) is 29.5 Å². The average Bonchev–Trinajstić information content (AvgIpc) is 2.84. The van der Waals surface area contributed by atoms with Gasteiger partial charge in [-0.3, -0.25) is 4.99 Å². The average molecular weight is 249 g/mol. The van der Waals surface area contributed by atoms with Crippen molar-refractivity contribution in [2.24, 2.45) is 10.9 Å². The van der Waals surface area contributed by atoms with Crippen LogP contribution in [-0.4, -0.2) is 25.1 Å². The first-order valence-electron chi connectivity index (χ1n) is 6.87. The first kappa shape index (κ1) is 13.0. The second-order valence-electron chi connectivity index (χ2n) is 4.95. The lowest BCUT2D eigenvalue weighted by Crippen LogP contribution is -2.40. The van der Waals surface area contributed by atoms with Crippen LogP contribution < -0.4 is 10.6 Å². The fraction of sp³-hybridized carbons (Fsp3) is 0.643. The molecule has 4 nitrogen and oxygen atoms in total. The van der Waals surface area contributed by atoms with Gasteiger partial charge in [-0.05, 0) is 30.9 Å². The van der Waals surface area contributed by atoms with Gasteiger partial charge < -0.3 is 15.1 Å². The van der Waals surface area contributed by atoms with E-state index in [1.807, 2.05) is 12.1 Å². The number of nitrogens with zero attached hydrogens (tertiary/aromatic N) is 1. The SMILES string of the molecule is CCCN=C(NCCc1ccco1)NC1CC1C. The second-order valence-corrected chi connectivity index (χ2v) is 4.95. The molecule has 100 valence electrons. The topological polar surface area (TPSA) is 49.6 Å². The predicted molar refractivity (Wildman–Crippen MR) is 73.7 cm³/mol. The Morgan fingerprint density at radius 1 is 1.56 bits per heavy atom. The third kappa shape index (κ3) is 4.09. The molecule has 2 N–H and O–H groups in total. The Balaban J connectivity index is 1.74. The molecule has 2 rings (SSSR count). The minimum atomic E-state index is 0.608. The van der Waals surface area contributed by atoms with Gasteiger partial charge in [0.1, 0.15) is 5.76 Å². The lowest BCUT2D eigenvalue weighted by Gasteiger charge is -2.11. The molecule has 18 heavy (non-hydrogen) atoms. The number of hydrogen-bond acceptors (Lipinski definition) is 2. The quantitative estimate of drug-likeness (QED) is 0.600. The van der Waals surface area contributed by atoms with Crippen molar-refractivity contribution in [3.05, 3.63) is 24.2 Å². The summed E-state index contributed by atoms with van der Waals surface area (Å²) in [5, 5.41) is 6.83. The molecule has 2 atom stereocenters. The molecular formula is C14H23N3O. The number of nitrogens with one attached hydrogen (secondary N) is 2. The van der Waals surface area contributed by atoms with Gasteiger partial charge in [0.05, 0.1) is 6.26 Å². The molecule has 1 aliphatic carbocycles. The molecule has 0 saturated heterocycles. The van der Waals surface area contributed by atoms with E-state index in [9.17, 15) is 0 Å². The zero-order valence-corrected chi connectivity index (χ0v) is 11.3. The number of furan rings is 1. The van der Waals surface area contributed by atoms with Gasteiger partial charge in [-0.1, -0.05) is 13.8 Å². The molecule has 1 fully saturated rings. The van der Waals surface area contributed by atoms with Crippen LogP contribution >= 0.6 is 0 Å². The van der Waals surface area contributed by atoms with E-state index in [4.69, 9.17) is 4.42 Å². The van der Waals surface area contributed by atoms with E-state index in [0.717, 1.165) is 43.6 Å². The Morgan fingerprint density at radius 2 is 2.39 bits per heavy atom. The number of aliphatic imine (C=N–C) groups is 1. The lowest BCUT2D eigenvalue weighted by atomic mass is 10.3. The summed E-state index contributed by atoms with van der Waals surface area (Å²) >= 11 is 0. The molecule has 1 aliphatic rings. The fourth-order valence-electron chi connectivity index (χ4n) is 1.83. The van der Waals surface area contributed by atoms with Crippen molar-refractivity contribution in [2.75, 3.05) is 13.1 Å². The van der Waals surface area contributed by atoms with E-state index >= 15 is 0 Å². The molecule has 0 aromatic carbocycles. The summed E-state index contributed by atoms with van der Waals surface area (Å²) in [5.74, 6) is 2.73. The van der Waals surface area contributed by atoms with Gasteiger partial charge >= 0.3 is 0 Å². The van der Waals surface area contributed by atoms with Crippen LogP contribution in [0, 0.1) is 5.92 Å². The van der Waals surface area contributed by atoms with Crippen molar-refractivity contribution in [3.8, 4) is 0 Å². The predicted octanol–water partition coefficient (Wildman–Crippen LogP) is 2.18. The maximum absolute atomic E-state index is 5.31. The molecule has 0 radical (unpaired) electrons. The van der Waals surface area contributed by atoms with Gasteiger partial charge in [0, 0.05) is 25.6 Å². The molecule has 1 saturated carbocycles. The first-order valence-corrected chi connectivity index (χ1v) is 6.87. The third-order valence-corrected chi connectivity index (χ3v) is 3.17. The van der Waals surface area contributed by atoms with E-state index in [1.54, 1.807) is 6.26 Å². The highest BCUT2D eigenvalue weighted by Gasteiger charge is 2.33. The van der Waals surface area contributed by atoms with Gasteiger partial charge in [0.2, 0.25) is 0 Å². The molecule has 0 bridgehead atoms. The van der Waals surface area contributed by atoms with Crippen LogP contribution in [0.15, 0.2) is 27.8 Å². The molecule has 0 aliphatic heterocycles. The normalized spacial score (nSPS) is 22.9. The summed E-state index contributed by atoms with van der Waals surface area (Å²) in [6, 6.07) is 4.53. The molecular weight excluding hydrogens is 226 g/mol. The summed E-state index contributed by atoms with van der Waals surface area (Å²) in [6.07, 6.45) is 4.93. The number of rotatable bonds is 6. The van der Waals surface area contributed by atoms with Crippen LogP contribution in [0.3, 0.4) is 0 Å². The summed E-state index contributed by atoms with van der Waals surface area (Å²) in [5.41, 5.74) is 0. The van der Waals surface area contributed by atoms with Gasteiger partial charge in [-0.2, -0.15) is 0 Å². The minimum Gasteiger partial charge on any atom is -0.469 e. The van der Waals surface area contributed by atoms with Crippen molar-refractivity contribution < 1.29 is 4.42 Å². The number of hydrogen-bond donors (Lipinski definition) is 2. The van der Waals surface area contributed by atoms with Gasteiger partial charge in [-0.25, -0.2) is 0 Å². The fourth-order valence-corrected chi connectivity index (χ4v) is 1.83. The summed E-state index contributed by atoms with van der Waals surface area (Å²) in [7, 11) is 0. The van der Waals surface area contributed by atoms with E-state index < -0.39 is 0 Å². The number of guanidine groups is 1. The van der Waals surface area contributed by atoms with Gasteiger partial charge in [-0.15, -0.1) is 0 Å². The Hall–Kier alpha value is -1.45. The largest absolute Gasteiger partial charge is 0.469 e. The Morgan fingerprint density at radius 3 is 3.00 bits per heavy atom. The smallest absolute Gasteiger partial charge is 0.191 e. The Kier molecular flexibility index (Phi) is 4.67. The van der Waals surface area contributed by atoms with Crippen LogP contribution in [0.1, 0.15) is 32.4 Å². The van der Waals surface area contributed by atoms with Crippen LogP contribution in [0.25, 0.3) is 0 Å². The standard InChI is InChI=1S/C14H23N3O/c1-3-7-15-14(17-13-10-11(13)2)16-8-6-12-5-4-9-18-12/h4-5,9,11,13H,3,6-8,10H2,1-2H3,(H2,15,16,17). The van der Waals surface area contributed by atoms with E-state index in [-0.39, 0.29) is 0 Å². The van der Waals surface area contributed by atoms with Gasteiger partial charge in [0.25, 0.3) is 0 Å². The maximum Gasteiger partial charge on any atom is 0.191 e. The highest BCUT2D eigenvalue weighted by Crippen LogP contribution is 2.28. The molecule has 4 heteroatoms. The van der Waals surface area contributed by atoms with Gasteiger partial charge in [0.15, 0.2) is 5.96 Å². The highest BCUT2D eigenvalue weighted by molar-refractivity contribution is 5.80. The second kappa shape index (κ2) is 6.47. The molecule has 1 aromatic heterocycles. The monoisotopic (exact) mass is 249 g/mol. The molecule has 0 spiro atoms. The van der Waals surface area contributed by atoms with Crippen LogP contribution in [0.4, 0.5) is 0 Å².